The number of amides is 2. The number of esters is 1. The lowest BCUT2D eigenvalue weighted by Crippen LogP contribution is -2.45. The van der Waals surface area contributed by atoms with Gasteiger partial charge in [-0.2, -0.15) is 0 Å². The van der Waals surface area contributed by atoms with Gasteiger partial charge in [0.25, 0.3) is 5.91 Å². The Balaban J connectivity index is 1.13. The van der Waals surface area contributed by atoms with Gasteiger partial charge in [-0.15, -0.1) is 0 Å². The molecule has 0 N–H and O–H groups in total. The molecule has 5 rings (SSSR count). The highest BCUT2D eigenvalue weighted by Gasteiger charge is 2.42. The van der Waals surface area contributed by atoms with Gasteiger partial charge in [-0.05, 0) is 73.1 Å². The molecule has 1 spiro atoms. The van der Waals surface area contributed by atoms with E-state index in [4.69, 9.17) is 4.74 Å². The summed E-state index contributed by atoms with van der Waals surface area (Å²) in [5.41, 5.74) is 2.78. The summed E-state index contributed by atoms with van der Waals surface area (Å²) in [6.45, 7) is 4.38. The van der Waals surface area contributed by atoms with Crippen LogP contribution in [0.15, 0.2) is 73.1 Å². The predicted octanol–water partition coefficient (Wildman–Crippen LogP) is 4.49. The van der Waals surface area contributed by atoms with E-state index in [1.165, 1.54) is 6.92 Å². The minimum atomic E-state index is -0.345. The first kappa shape index (κ1) is 24.8. The largest absolute Gasteiger partial charge is 0.427 e. The van der Waals surface area contributed by atoms with Gasteiger partial charge < -0.3 is 19.1 Å². The number of carbonyl (C=O) groups excluding carboxylic acids is 3. The van der Waals surface area contributed by atoms with Crippen molar-refractivity contribution in [1.29, 1.82) is 0 Å². The van der Waals surface area contributed by atoms with Crippen molar-refractivity contribution >= 4 is 17.8 Å². The molecule has 3 aromatic rings. The number of ether oxygens (including phenoxy) is 1. The number of hydrogen-bond donors (Lipinski definition) is 0. The molecule has 3 heterocycles. The van der Waals surface area contributed by atoms with E-state index < -0.39 is 0 Å². The second kappa shape index (κ2) is 10.6. The molecular weight excluding hydrogens is 466 g/mol. The van der Waals surface area contributed by atoms with Gasteiger partial charge >= 0.3 is 5.97 Å². The summed E-state index contributed by atoms with van der Waals surface area (Å²) in [4.78, 5) is 41.4. The summed E-state index contributed by atoms with van der Waals surface area (Å²) in [6.07, 6.45) is 7.88. The highest BCUT2D eigenvalue weighted by atomic mass is 16.5. The zero-order valence-corrected chi connectivity index (χ0v) is 21.3. The second-order valence-corrected chi connectivity index (χ2v) is 10.2. The van der Waals surface area contributed by atoms with Gasteiger partial charge in [0.2, 0.25) is 5.91 Å². The van der Waals surface area contributed by atoms with Crippen LogP contribution in [0.5, 0.6) is 5.75 Å². The molecule has 37 heavy (non-hydrogen) atoms. The topological polar surface area (TPSA) is 71.9 Å². The Hall–Kier alpha value is -3.87. The smallest absolute Gasteiger partial charge is 0.308 e. The number of carbonyl (C=O) groups is 3. The van der Waals surface area contributed by atoms with Crippen molar-refractivity contribution in [3.05, 3.63) is 84.2 Å². The number of para-hydroxylation sites is 1. The minimum absolute atomic E-state index is 0.0739. The van der Waals surface area contributed by atoms with E-state index >= 15 is 0 Å². The van der Waals surface area contributed by atoms with Crippen molar-refractivity contribution < 1.29 is 19.1 Å². The van der Waals surface area contributed by atoms with E-state index in [9.17, 15) is 14.4 Å². The van der Waals surface area contributed by atoms with Crippen molar-refractivity contribution in [3.63, 3.8) is 0 Å². The number of nitrogens with zero attached hydrogens (tertiary/aromatic N) is 3. The summed E-state index contributed by atoms with van der Waals surface area (Å²) in [5, 5.41) is 0. The molecule has 0 bridgehead atoms. The molecule has 2 aliphatic heterocycles. The number of likely N-dealkylation sites (tertiary alicyclic amines) is 2. The van der Waals surface area contributed by atoms with Crippen LogP contribution in [0.3, 0.4) is 0 Å². The van der Waals surface area contributed by atoms with Crippen LogP contribution in [-0.2, 0) is 16.0 Å². The van der Waals surface area contributed by atoms with Gasteiger partial charge in [0, 0.05) is 51.9 Å². The normalized spacial score (nSPS) is 16.7. The highest BCUT2D eigenvalue weighted by Crippen LogP contribution is 2.41. The van der Waals surface area contributed by atoms with E-state index in [1.807, 2.05) is 75.3 Å². The Morgan fingerprint density at radius 3 is 2.16 bits per heavy atom. The Morgan fingerprint density at radius 2 is 1.49 bits per heavy atom. The van der Waals surface area contributed by atoms with E-state index in [0.717, 1.165) is 62.3 Å². The number of benzene rings is 2. The molecular formula is C30H33N3O4. The van der Waals surface area contributed by atoms with Gasteiger partial charge in [-0.1, -0.05) is 24.3 Å². The van der Waals surface area contributed by atoms with Crippen LogP contribution in [0, 0.1) is 5.41 Å². The predicted molar refractivity (Wildman–Crippen MR) is 141 cm³/mol. The number of aryl methyl sites for hydroxylation is 1. The average Bonchev–Trinajstić information content (AvgIpc) is 3.59. The van der Waals surface area contributed by atoms with Gasteiger partial charge in [-0.3, -0.25) is 14.4 Å². The van der Waals surface area contributed by atoms with Crippen molar-refractivity contribution in [3.8, 4) is 11.4 Å². The maximum absolute atomic E-state index is 13.4. The third-order valence-corrected chi connectivity index (χ3v) is 7.73. The number of hydrogen-bond acceptors (Lipinski definition) is 4. The van der Waals surface area contributed by atoms with Gasteiger partial charge in [0.1, 0.15) is 5.75 Å². The lowest BCUT2D eigenvalue weighted by molar-refractivity contribution is -0.132. The van der Waals surface area contributed by atoms with Crippen LogP contribution >= 0.6 is 0 Å². The molecule has 0 saturated carbocycles. The first-order chi connectivity index (χ1) is 17.9. The first-order valence-electron chi connectivity index (χ1n) is 13.0. The third-order valence-electron chi connectivity index (χ3n) is 7.73. The highest BCUT2D eigenvalue weighted by molar-refractivity contribution is 5.97. The Kier molecular flexibility index (Phi) is 7.12. The Labute approximate surface area is 217 Å². The summed E-state index contributed by atoms with van der Waals surface area (Å²) >= 11 is 0. The van der Waals surface area contributed by atoms with Gasteiger partial charge in [-0.25, -0.2) is 0 Å². The van der Waals surface area contributed by atoms with Crippen LogP contribution < -0.4 is 4.74 Å². The van der Waals surface area contributed by atoms with Crippen molar-refractivity contribution in [1.82, 2.24) is 14.4 Å². The molecule has 192 valence electrons. The number of piperidine rings is 1. The summed E-state index contributed by atoms with van der Waals surface area (Å²) in [6, 6.07) is 19.0. The van der Waals surface area contributed by atoms with Crippen molar-refractivity contribution in [2.24, 2.45) is 5.41 Å². The van der Waals surface area contributed by atoms with E-state index in [-0.39, 0.29) is 23.2 Å². The fraction of sp³-hybridized carbons (Fsp3) is 0.367. The summed E-state index contributed by atoms with van der Waals surface area (Å²) in [7, 11) is 0. The molecule has 2 saturated heterocycles. The molecule has 2 aromatic carbocycles. The maximum atomic E-state index is 13.4. The third kappa shape index (κ3) is 5.61. The maximum Gasteiger partial charge on any atom is 0.308 e. The van der Waals surface area contributed by atoms with E-state index in [0.29, 0.717) is 18.6 Å². The Bertz CT molecular complexity index is 1260. The molecule has 0 aliphatic carbocycles. The van der Waals surface area contributed by atoms with Crippen molar-refractivity contribution in [2.75, 3.05) is 26.2 Å². The molecule has 0 radical (unpaired) electrons. The second-order valence-electron chi connectivity index (χ2n) is 10.2. The van der Waals surface area contributed by atoms with Gasteiger partial charge in [0.05, 0.1) is 11.3 Å². The quantitative estimate of drug-likeness (QED) is 0.370. The molecule has 0 unspecified atom stereocenters. The van der Waals surface area contributed by atoms with Crippen LogP contribution in [0.2, 0.25) is 0 Å². The standard InChI is InChI=1S/C30H33N3O4/c1-23(34)37-25-11-8-24(9-12-25)10-13-28(35)33-21-16-30(22-33)14-19-32(20-15-30)29(36)26-6-2-3-7-27(26)31-17-4-5-18-31/h2-9,11-12,17-18H,10,13-16,19-22H2,1H3. The van der Waals surface area contributed by atoms with E-state index in [2.05, 4.69) is 0 Å². The molecule has 0 atom stereocenters. The molecule has 7 nitrogen and oxygen atoms in total. The number of aromatic nitrogens is 1. The summed E-state index contributed by atoms with van der Waals surface area (Å²) in [5.74, 6) is 0.426. The van der Waals surface area contributed by atoms with Gasteiger partial charge in [0.15, 0.2) is 0 Å². The minimum Gasteiger partial charge on any atom is -0.427 e. The summed E-state index contributed by atoms with van der Waals surface area (Å²) < 4.78 is 7.05. The lowest BCUT2D eigenvalue weighted by atomic mass is 9.77. The van der Waals surface area contributed by atoms with Crippen LogP contribution in [0.25, 0.3) is 5.69 Å². The zero-order valence-electron chi connectivity index (χ0n) is 21.3. The molecule has 7 heteroatoms. The first-order valence-corrected chi connectivity index (χ1v) is 13.0. The zero-order chi connectivity index (χ0) is 25.8. The molecule has 1 aromatic heterocycles. The monoisotopic (exact) mass is 499 g/mol. The van der Waals surface area contributed by atoms with Crippen LogP contribution in [0.1, 0.15) is 48.5 Å². The van der Waals surface area contributed by atoms with Crippen LogP contribution in [-0.4, -0.2) is 58.3 Å². The fourth-order valence-electron chi connectivity index (χ4n) is 5.58. The lowest BCUT2D eigenvalue weighted by Gasteiger charge is -2.39. The van der Waals surface area contributed by atoms with E-state index in [1.54, 1.807) is 12.1 Å². The van der Waals surface area contributed by atoms with Crippen molar-refractivity contribution in [2.45, 2.75) is 39.0 Å². The van der Waals surface area contributed by atoms with Crippen LogP contribution in [0.4, 0.5) is 0 Å². The molecule has 2 amide bonds. The number of rotatable bonds is 6. The SMILES string of the molecule is CC(=O)Oc1ccc(CCC(=O)N2CCC3(CCN(C(=O)c4ccccc4-n4cccc4)CC3)C2)cc1. The fourth-order valence-corrected chi connectivity index (χ4v) is 5.58. The Morgan fingerprint density at radius 1 is 0.838 bits per heavy atom. The molecule has 2 aliphatic rings. The average molecular weight is 500 g/mol. The molecule has 2 fully saturated rings.